The van der Waals surface area contributed by atoms with Crippen molar-refractivity contribution in [1.29, 1.82) is 0 Å². The van der Waals surface area contributed by atoms with Gasteiger partial charge < -0.3 is 14.0 Å². The van der Waals surface area contributed by atoms with Crippen molar-refractivity contribution in [2.45, 2.75) is 20.8 Å². The number of hydrogen-bond acceptors (Lipinski definition) is 3. The van der Waals surface area contributed by atoms with Crippen molar-refractivity contribution in [3.05, 3.63) is 53.8 Å². The lowest BCUT2D eigenvalue weighted by Crippen LogP contribution is -2.16. The molecule has 0 spiro atoms. The zero-order chi connectivity index (χ0) is 16.0. The minimum absolute atomic E-state index is 0.0927. The molecule has 1 heterocycles. The van der Waals surface area contributed by atoms with E-state index >= 15 is 0 Å². The Morgan fingerprint density at radius 1 is 1.23 bits per heavy atom. The van der Waals surface area contributed by atoms with E-state index in [-0.39, 0.29) is 5.41 Å². The second-order valence-electron chi connectivity index (χ2n) is 5.90. The molecule has 2 aromatic rings. The van der Waals surface area contributed by atoms with Crippen molar-refractivity contribution in [2.24, 2.45) is 5.41 Å². The van der Waals surface area contributed by atoms with Crippen molar-refractivity contribution < 1.29 is 9.47 Å². The summed E-state index contributed by atoms with van der Waals surface area (Å²) in [6, 6.07) is 7.29. The van der Waals surface area contributed by atoms with Gasteiger partial charge in [0.15, 0.2) is 0 Å². The van der Waals surface area contributed by atoms with E-state index < -0.39 is 0 Å². The van der Waals surface area contributed by atoms with Gasteiger partial charge in [0.25, 0.3) is 0 Å². The number of rotatable bonds is 6. The lowest BCUT2D eigenvalue weighted by atomic mass is 9.94. The van der Waals surface area contributed by atoms with Gasteiger partial charge in [-0.1, -0.05) is 32.4 Å². The first kappa shape index (κ1) is 16.4. The Balaban J connectivity index is 1.88. The molecule has 0 unspecified atom stereocenters. The monoisotopic (exact) mass is 320 g/mol. The highest BCUT2D eigenvalue weighted by molar-refractivity contribution is 6.30. The van der Waals surface area contributed by atoms with Crippen LogP contribution in [0.4, 0.5) is 0 Å². The van der Waals surface area contributed by atoms with Gasteiger partial charge in [0.05, 0.1) is 6.33 Å². The van der Waals surface area contributed by atoms with Gasteiger partial charge in [0, 0.05) is 29.0 Å². The molecule has 0 aliphatic rings. The Morgan fingerprint density at radius 2 is 1.95 bits per heavy atom. The highest BCUT2D eigenvalue weighted by Gasteiger charge is 2.19. The number of ether oxygens (including phenoxy) is 2. The van der Waals surface area contributed by atoms with E-state index in [2.05, 4.69) is 25.8 Å². The molecule has 22 heavy (non-hydrogen) atoms. The number of imidazole rings is 1. The summed E-state index contributed by atoms with van der Waals surface area (Å²) in [5.41, 5.74) is -0.0927. The second kappa shape index (κ2) is 7.36. The molecule has 0 atom stereocenters. The molecule has 0 saturated heterocycles. The maximum atomic E-state index is 5.89. The quantitative estimate of drug-likeness (QED) is 0.581. The van der Waals surface area contributed by atoms with Crippen LogP contribution in [0.3, 0.4) is 0 Å². The number of allylic oxidation sites excluding steroid dienone is 1. The Labute approximate surface area is 136 Å². The predicted octanol–water partition coefficient (Wildman–Crippen LogP) is 4.48. The summed E-state index contributed by atoms with van der Waals surface area (Å²) >= 11 is 5.84. The van der Waals surface area contributed by atoms with E-state index in [9.17, 15) is 0 Å². The average molecular weight is 321 g/mol. The average Bonchev–Trinajstić information content (AvgIpc) is 2.96. The molecule has 2 rings (SSSR count). The van der Waals surface area contributed by atoms with Gasteiger partial charge in [-0.15, -0.1) is 0 Å². The minimum atomic E-state index is -0.0927. The van der Waals surface area contributed by atoms with E-state index in [1.54, 1.807) is 24.7 Å². The largest absolute Gasteiger partial charge is 0.492 e. The van der Waals surface area contributed by atoms with Gasteiger partial charge in [-0.05, 0) is 24.3 Å². The molecule has 1 aromatic carbocycles. The SMILES string of the molecule is CC(C)(C)C(=Cn1ccnc1)OCCOc1ccc(Cl)cc1. The molecule has 0 fully saturated rings. The number of nitrogens with zero attached hydrogens (tertiary/aromatic N) is 2. The zero-order valence-corrected chi connectivity index (χ0v) is 13.9. The van der Waals surface area contributed by atoms with Crippen LogP contribution in [0.15, 0.2) is 48.7 Å². The van der Waals surface area contributed by atoms with Gasteiger partial charge in [-0.3, -0.25) is 0 Å². The molecular formula is C17H21ClN2O2. The first-order valence-electron chi connectivity index (χ1n) is 7.16. The van der Waals surface area contributed by atoms with Gasteiger partial charge >= 0.3 is 0 Å². The first-order valence-corrected chi connectivity index (χ1v) is 7.54. The van der Waals surface area contributed by atoms with Crippen LogP contribution in [0.5, 0.6) is 5.75 Å². The Kier molecular flexibility index (Phi) is 5.50. The van der Waals surface area contributed by atoms with Crippen molar-refractivity contribution in [3.8, 4) is 5.75 Å². The molecule has 0 N–H and O–H groups in total. The first-order chi connectivity index (χ1) is 10.4. The standard InChI is InChI=1S/C17H21ClN2O2/c1-17(2,3)16(12-20-9-8-19-13-20)22-11-10-21-15-6-4-14(18)5-7-15/h4-9,12-13H,10-11H2,1-3H3. The van der Waals surface area contributed by atoms with E-state index in [4.69, 9.17) is 21.1 Å². The number of benzene rings is 1. The fraction of sp³-hybridized carbons (Fsp3) is 0.353. The van der Waals surface area contributed by atoms with Gasteiger partial charge in [-0.25, -0.2) is 4.98 Å². The molecule has 0 aliphatic carbocycles. The molecule has 0 radical (unpaired) electrons. The maximum absolute atomic E-state index is 5.89. The summed E-state index contributed by atoms with van der Waals surface area (Å²) in [5.74, 6) is 1.66. The fourth-order valence-corrected chi connectivity index (χ4v) is 1.90. The van der Waals surface area contributed by atoms with Gasteiger partial charge in [0.1, 0.15) is 24.7 Å². The van der Waals surface area contributed by atoms with Crippen LogP contribution in [-0.2, 0) is 4.74 Å². The van der Waals surface area contributed by atoms with Crippen LogP contribution in [0, 0.1) is 5.41 Å². The summed E-state index contributed by atoms with van der Waals surface area (Å²) in [4.78, 5) is 4.03. The van der Waals surface area contributed by atoms with E-state index in [1.807, 2.05) is 29.1 Å². The van der Waals surface area contributed by atoms with Crippen LogP contribution in [0.25, 0.3) is 6.20 Å². The molecule has 4 nitrogen and oxygen atoms in total. The zero-order valence-electron chi connectivity index (χ0n) is 13.1. The smallest absolute Gasteiger partial charge is 0.122 e. The lowest BCUT2D eigenvalue weighted by molar-refractivity contribution is 0.119. The number of halogens is 1. The molecule has 0 amide bonds. The fourth-order valence-electron chi connectivity index (χ4n) is 1.77. The third-order valence-corrected chi connectivity index (χ3v) is 3.21. The van der Waals surface area contributed by atoms with Crippen LogP contribution in [0.1, 0.15) is 20.8 Å². The summed E-state index contributed by atoms with van der Waals surface area (Å²) in [7, 11) is 0. The van der Waals surface area contributed by atoms with Crippen molar-refractivity contribution in [3.63, 3.8) is 0 Å². The number of hydrogen-bond donors (Lipinski definition) is 0. The molecular weight excluding hydrogens is 300 g/mol. The topological polar surface area (TPSA) is 36.3 Å². The molecule has 0 aliphatic heterocycles. The van der Waals surface area contributed by atoms with Crippen molar-refractivity contribution >= 4 is 17.8 Å². The summed E-state index contributed by atoms with van der Waals surface area (Å²) in [6.45, 7) is 7.26. The maximum Gasteiger partial charge on any atom is 0.122 e. The summed E-state index contributed by atoms with van der Waals surface area (Å²) < 4.78 is 13.4. The molecule has 118 valence electrons. The van der Waals surface area contributed by atoms with Crippen LogP contribution in [-0.4, -0.2) is 22.8 Å². The molecule has 0 saturated carbocycles. The normalized spacial score (nSPS) is 12.3. The third kappa shape index (κ3) is 5.11. The van der Waals surface area contributed by atoms with E-state index in [0.29, 0.717) is 18.2 Å². The van der Waals surface area contributed by atoms with Crippen LogP contribution >= 0.6 is 11.6 Å². The second-order valence-corrected chi connectivity index (χ2v) is 6.34. The highest BCUT2D eigenvalue weighted by atomic mass is 35.5. The van der Waals surface area contributed by atoms with Crippen LogP contribution in [0.2, 0.25) is 5.02 Å². The van der Waals surface area contributed by atoms with Crippen molar-refractivity contribution in [2.75, 3.05) is 13.2 Å². The Hall–Kier alpha value is -1.94. The minimum Gasteiger partial charge on any atom is -0.492 e. The van der Waals surface area contributed by atoms with E-state index in [0.717, 1.165) is 11.5 Å². The summed E-state index contributed by atoms with van der Waals surface area (Å²) in [6.07, 6.45) is 7.29. The van der Waals surface area contributed by atoms with Crippen LogP contribution < -0.4 is 4.74 Å². The lowest BCUT2D eigenvalue weighted by Gasteiger charge is -2.23. The molecule has 1 aromatic heterocycles. The van der Waals surface area contributed by atoms with Gasteiger partial charge in [0.2, 0.25) is 0 Å². The Bertz CT molecular complexity index is 599. The predicted molar refractivity (Wildman–Crippen MR) is 88.9 cm³/mol. The molecule has 5 heteroatoms. The highest BCUT2D eigenvalue weighted by Crippen LogP contribution is 2.26. The van der Waals surface area contributed by atoms with Gasteiger partial charge in [-0.2, -0.15) is 0 Å². The molecule has 0 bridgehead atoms. The Morgan fingerprint density at radius 3 is 2.55 bits per heavy atom. The van der Waals surface area contributed by atoms with Crippen molar-refractivity contribution in [1.82, 2.24) is 9.55 Å². The number of aromatic nitrogens is 2. The summed E-state index contributed by atoms with van der Waals surface area (Å²) in [5, 5.41) is 0.696. The third-order valence-electron chi connectivity index (χ3n) is 2.95. The van der Waals surface area contributed by atoms with E-state index in [1.165, 1.54) is 0 Å².